The van der Waals surface area contributed by atoms with Gasteiger partial charge in [-0.05, 0) is 43.3 Å². The van der Waals surface area contributed by atoms with Gasteiger partial charge in [0.1, 0.15) is 12.0 Å². The Morgan fingerprint density at radius 2 is 1.50 bits per heavy atom. The molecule has 0 spiro atoms. The van der Waals surface area contributed by atoms with E-state index in [0.29, 0.717) is 0 Å². The van der Waals surface area contributed by atoms with Gasteiger partial charge in [0.15, 0.2) is 0 Å². The minimum atomic E-state index is -5.91. The van der Waals surface area contributed by atoms with Crippen molar-refractivity contribution in [2.24, 2.45) is 5.92 Å². The lowest BCUT2D eigenvalue weighted by Gasteiger charge is -2.26. The molecule has 1 unspecified atom stereocenters. The molecule has 0 fully saturated rings. The number of halogens is 5. The minimum absolute atomic E-state index is 0.0558. The smallest absolute Gasteiger partial charge is 0.455 e. The van der Waals surface area contributed by atoms with Crippen molar-refractivity contribution >= 4 is 41.0 Å². The third-order valence-electron chi connectivity index (χ3n) is 6.15. The zero-order chi connectivity index (χ0) is 30.0. The maximum Gasteiger partial charge on any atom is 0.455 e. The van der Waals surface area contributed by atoms with Crippen LogP contribution < -0.4 is 20.4 Å². The number of hydrogen-bond donors (Lipinski definition) is 3. The van der Waals surface area contributed by atoms with Crippen LogP contribution in [-0.4, -0.2) is 73.0 Å². The lowest BCUT2D eigenvalue weighted by molar-refractivity contribution is -0.278. The monoisotopic (exact) mass is 570 g/mol. The number of anilines is 2. The van der Waals surface area contributed by atoms with E-state index in [-0.39, 0.29) is 22.5 Å². The van der Waals surface area contributed by atoms with Crippen molar-refractivity contribution < 1.29 is 51.0 Å². The summed E-state index contributed by atoms with van der Waals surface area (Å²) in [5.41, 5.74) is 0.524. The number of hydrogen-bond acceptors (Lipinski definition) is 5. The molecule has 4 amide bonds. The molecule has 1 heterocycles. The molecule has 1 aliphatic heterocycles. The molecule has 0 radical (unpaired) electrons. The molecule has 2 aromatic carbocycles. The van der Waals surface area contributed by atoms with Crippen LogP contribution in [-0.2, 0) is 14.4 Å². The second-order valence-electron chi connectivity index (χ2n) is 8.89. The molecule has 3 N–H and O–H groups in total. The Morgan fingerprint density at radius 1 is 0.950 bits per heavy atom. The number of amides is 4. The lowest BCUT2D eigenvalue weighted by atomic mass is 10.1. The summed E-state index contributed by atoms with van der Waals surface area (Å²) >= 11 is 0. The van der Waals surface area contributed by atoms with Crippen LogP contribution in [0.4, 0.5) is 33.3 Å². The molecule has 0 aromatic heterocycles. The molecule has 15 heteroatoms. The summed E-state index contributed by atoms with van der Waals surface area (Å²) in [6.45, 7) is -1.59. The summed E-state index contributed by atoms with van der Waals surface area (Å²) in [6, 6.07) is 9.73. The van der Waals surface area contributed by atoms with Crippen LogP contribution in [0, 0.1) is 5.92 Å². The van der Waals surface area contributed by atoms with E-state index < -0.39 is 66.7 Å². The number of nitrogens with zero attached hydrogens (tertiary/aromatic N) is 2. The molecule has 1 aliphatic rings. The second kappa shape index (κ2) is 11.3. The quantitative estimate of drug-likeness (QED) is 0.346. The largest absolute Gasteiger partial charge is 0.478 e. The molecule has 2 atom stereocenters. The Balaban J connectivity index is 1.84. The van der Waals surface area contributed by atoms with Gasteiger partial charge in [-0.2, -0.15) is 22.0 Å². The molecule has 0 saturated carbocycles. The first-order chi connectivity index (χ1) is 18.5. The summed E-state index contributed by atoms with van der Waals surface area (Å²) in [4.78, 5) is 65.0. The molecule has 10 nitrogen and oxygen atoms in total. The highest BCUT2D eigenvalue weighted by atomic mass is 19.4. The predicted octanol–water partition coefficient (Wildman–Crippen LogP) is 2.44. The van der Waals surface area contributed by atoms with Crippen LogP contribution in [0.1, 0.15) is 27.6 Å². The number of carbonyl (C=O) groups excluding carboxylic acids is 4. The van der Waals surface area contributed by atoms with E-state index in [1.807, 2.05) is 0 Å². The van der Waals surface area contributed by atoms with Crippen LogP contribution in [0.25, 0.3) is 0 Å². The van der Waals surface area contributed by atoms with Crippen LogP contribution in [0.5, 0.6) is 0 Å². The zero-order valence-corrected chi connectivity index (χ0v) is 21.0. The number of nitrogens with one attached hydrogen (secondary N) is 2. The van der Waals surface area contributed by atoms with E-state index in [1.165, 1.54) is 48.8 Å². The maximum absolute atomic E-state index is 13.5. The van der Waals surface area contributed by atoms with E-state index in [2.05, 4.69) is 5.32 Å². The van der Waals surface area contributed by atoms with E-state index in [4.69, 9.17) is 5.11 Å². The first-order valence-electron chi connectivity index (χ1n) is 11.6. The summed E-state index contributed by atoms with van der Waals surface area (Å²) in [5, 5.41) is 12.8. The number of fused-ring (bicyclic) bond motifs is 1. The van der Waals surface area contributed by atoms with Gasteiger partial charge in [-0.25, -0.2) is 4.79 Å². The number of alkyl halides is 5. The molecule has 40 heavy (non-hydrogen) atoms. The van der Waals surface area contributed by atoms with Crippen molar-refractivity contribution in [3.63, 3.8) is 0 Å². The van der Waals surface area contributed by atoms with Gasteiger partial charge in [-0.3, -0.25) is 19.2 Å². The summed E-state index contributed by atoms with van der Waals surface area (Å²) in [6.07, 6.45) is -5.91. The van der Waals surface area contributed by atoms with Gasteiger partial charge in [0, 0.05) is 12.6 Å². The minimum Gasteiger partial charge on any atom is -0.478 e. The Labute approximate surface area is 223 Å². The number of aromatic carboxylic acids is 1. The highest BCUT2D eigenvalue weighted by Gasteiger charge is 2.57. The number of carboxylic acids is 1. The normalized spacial score (nSPS) is 16.5. The van der Waals surface area contributed by atoms with Crippen molar-refractivity contribution in [3.05, 3.63) is 59.7 Å². The third-order valence-corrected chi connectivity index (χ3v) is 6.15. The van der Waals surface area contributed by atoms with Gasteiger partial charge >= 0.3 is 18.1 Å². The lowest BCUT2D eigenvalue weighted by Crippen LogP contribution is -2.55. The molecule has 0 aliphatic carbocycles. The molecular weight excluding hydrogens is 547 g/mol. The van der Waals surface area contributed by atoms with Crippen LogP contribution >= 0.6 is 0 Å². The van der Waals surface area contributed by atoms with Gasteiger partial charge in [0.25, 0.3) is 11.8 Å². The van der Waals surface area contributed by atoms with Crippen molar-refractivity contribution in [1.29, 1.82) is 0 Å². The molecule has 3 rings (SSSR count). The average Bonchev–Trinajstić information content (AvgIpc) is 3.01. The Morgan fingerprint density at radius 3 is 2.05 bits per heavy atom. The van der Waals surface area contributed by atoms with Crippen molar-refractivity contribution in [1.82, 2.24) is 10.6 Å². The fourth-order valence-electron chi connectivity index (χ4n) is 3.77. The number of likely N-dealkylation sites (N-methyl/N-ethyl adjacent to an activating group) is 1. The van der Waals surface area contributed by atoms with Crippen molar-refractivity contribution in [2.45, 2.75) is 25.1 Å². The summed E-state index contributed by atoms with van der Waals surface area (Å²) < 4.78 is 63.5. The SMILES string of the molecule is CC(C(=O)NCC(F)(F)C(F)(F)F)C(=O)N[C@H]1CN(C(=O)c2ccc(C(=O)O)cc2)c2ccccc2N(C)C1=O. The van der Waals surface area contributed by atoms with Crippen molar-refractivity contribution in [2.75, 3.05) is 29.9 Å². The first kappa shape index (κ1) is 30.0. The third kappa shape index (κ3) is 6.18. The highest BCUT2D eigenvalue weighted by molar-refractivity contribution is 6.13. The van der Waals surface area contributed by atoms with Gasteiger partial charge in [-0.1, -0.05) is 12.1 Å². The van der Waals surface area contributed by atoms with Crippen molar-refractivity contribution in [3.8, 4) is 0 Å². The highest BCUT2D eigenvalue weighted by Crippen LogP contribution is 2.35. The van der Waals surface area contributed by atoms with Gasteiger partial charge < -0.3 is 25.5 Å². The number of para-hydroxylation sites is 2. The van der Waals surface area contributed by atoms with Gasteiger partial charge in [0.05, 0.1) is 30.0 Å². The molecular formula is C25H23F5N4O6. The van der Waals surface area contributed by atoms with E-state index in [0.717, 1.165) is 16.7 Å². The average molecular weight is 570 g/mol. The fraction of sp³-hybridized carbons (Fsp3) is 0.320. The Hall–Kier alpha value is -4.56. The summed E-state index contributed by atoms with van der Waals surface area (Å²) in [5.74, 6) is -12.2. The molecule has 0 saturated heterocycles. The fourth-order valence-corrected chi connectivity index (χ4v) is 3.77. The predicted molar refractivity (Wildman–Crippen MR) is 130 cm³/mol. The van der Waals surface area contributed by atoms with Gasteiger partial charge in [-0.15, -0.1) is 0 Å². The van der Waals surface area contributed by atoms with Crippen LogP contribution in [0.3, 0.4) is 0 Å². The molecule has 2 aromatic rings. The molecule has 214 valence electrons. The number of benzene rings is 2. The standard InChI is InChI=1S/C25H23F5N4O6/c1-13(19(35)31-12-24(26,27)25(28,29)30)20(36)32-16-11-34(18-6-4-3-5-17(18)33(2)22(16)38)21(37)14-7-9-15(10-8-14)23(39)40/h3-10,13,16H,11-12H2,1-2H3,(H,31,35)(H,32,36)(H,39,40)/t13?,16-/m0/s1. The van der Waals surface area contributed by atoms with Gasteiger partial charge in [0.2, 0.25) is 11.8 Å². The maximum atomic E-state index is 13.5. The topological polar surface area (TPSA) is 136 Å². The molecule has 0 bridgehead atoms. The van der Waals surface area contributed by atoms with E-state index >= 15 is 0 Å². The second-order valence-corrected chi connectivity index (χ2v) is 8.89. The van der Waals surface area contributed by atoms with E-state index in [9.17, 15) is 45.9 Å². The number of rotatable bonds is 7. The number of carboxylic acid groups (broad SMARTS) is 1. The zero-order valence-electron chi connectivity index (χ0n) is 21.0. The number of carbonyl (C=O) groups is 5. The van der Waals surface area contributed by atoms with E-state index in [1.54, 1.807) is 12.1 Å². The Kier molecular flexibility index (Phi) is 8.45. The summed E-state index contributed by atoms with van der Waals surface area (Å²) in [7, 11) is 1.37. The first-order valence-corrected chi connectivity index (χ1v) is 11.6. The van der Waals surface area contributed by atoms with Crippen LogP contribution in [0.15, 0.2) is 48.5 Å². The van der Waals surface area contributed by atoms with Crippen LogP contribution in [0.2, 0.25) is 0 Å². The Bertz CT molecular complexity index is 1330.